The van der Waals surface area contributed by atoms with Gasteiger partial charge in [-0.3, -0.25) is 24.4 Å². The van der Waals surface area contributed by atoms with Gasteiger partial charge in [-0.2, -0.15) is 0 Å². The average molecular weight is 593 g/mol. The Morgan fingerprint density at radius 2 is 1.70 bits per heavy atom. The lowest BCUT2D eigenvalue weighted by Gasteiger charge is -2.41. The van der Waals surface area contributed by atoms with Crippen LogP contribution in [0.2, 0.25) is 0 Å². The van der Waals surface area contributed by atoms with Crippen molar-refractivity contribution < 1.29 is 24.2 Å². The molecular weight excluding hydrogens is 544 g/mol. The normalized spacial score (nSPS) is 22.1. The maximum atomic E-state index is 15.0. The molecule has 0 bridgehead atoms. The van der Waals surface area contributed by atoms with Gasteiger partial charge >= 0.3 is 6.09 Å². The standard InChI is InChI=1S/C34H48N4O5/c1-32(2,3)24-15-17-26(18-16-24)38(30(41)34(7)20-27(39)22-37(34)31(42)43-33(4,5)6)28(23-12-11-19-35-21-23)29(40)36-25-13-9-8-10-14-25/h11-12,15-19,21,25,27-28,39H,8-10,13-14,20,22H2,1-7H3,(H,36,40). The van der Waals surface area contributed by atoms with Gasteiger partial charge in [0.2, 0.25) is 5.91 Å². The van der Waals surface area contributed by atoms with Crippen molar-refractivity contribution in [3.05, 3.63) is 59.9 Å². The number of carbonyl (C=O) groups excluding carboxylic acids is 3. The monoisotopic (exact) mass is 592 g/mol. The van der Waals surface area contributed by atoms with Crippen molar-refractivity contribution >= 4 is 23.6 Å². The van der Waals surface area contributed by atoms with Crippen molar-refractivity contribution in [1.29, 1.82) is 0 Å². The van der Waals surface area contributed by atoms with Crippen LogP contribution in [0.25, 0.3) is 0 Å². The van der Waals surface area contributed by atoms with Gasteiger partial charge in [-0.15, -0.1) is 0 Å². The van der Waals surface area contributed by atoms with Crippen molar-refractivity contribution in [2.24, 2.45) is 0 Å². The highest BCUT2D eigenvalue weighted by molar-refractivity contribution is 6.07. The molecule has 1 saturated heterocycles. The summed E-state index contributed by atoms with van der Waals surface area (Å²) < 4.78 is 5.66. The summed E-state index contributed by atoms with van der Waals surface area (Å²) in [5.74, 6) is -0.787. The van der Waals surface area contributed by atoms with Crippen molar-refractivity contribution in [2.45, 2.75) is 122 Å². The minimum atomic E-state index is -1.48. The number of hydrogen-bond donors (Lipinski definition) is 2. The van der Waals surface area contributed by atoms with E-state index >= 15 is 0 Å². The Labute approximate surface area is 256 Å². The maximum Gasteiger partial charge on any atom is 0.411 e. The molecule has 2 aliphatic rings. The summed E-state index contributed by atoms with van der Waals surface area (Å²) in [6.07, 6.45) is 6.62. The van der Waals surface area contributed by atoms with Crippen LogP contribution < -0.4 is 10.2 Å². The number of aromatic nitrogens is 1. The molecule has 0 spiro atoms. The number of aliphatic hydroxyl groups excluding tert-OH is 1. The first kappa shape index (κ1) is 32.5. The van der Waals surface area contributed by atoms with Crippen LogP contribution in [-0.2, 0) is 19.7 Å². The fourth-order valence-electron chi connectivity index (χ4n) is 6.09. The topological polar surface area (TPSA) is 112 Å². The zero-order valence-electron chi connectivity index (χ0n) is 26.7. The van der Waals surface area contributed by atoms with E-state index in [1.807, 2.05) is 24.3 Å². The van der Waals surface area contributed by atoms with Crippen molar-refractivity contribution in [2.75, 3.05) is 11.4 Å². The second-order valence-corrected chi connectivity index (χ2v) is 14.2. The molecule has 1 aromatic carbocycles. The lowest BCUT2D eigenvalue weighted by atomic mass is 9.86. The lowest BCUT2D eigenvalue weighted by molar-refractivity contribution is -0.132. The molecule has 3 atom stereocenters. The van der Waals surface area contributed by atoms with E-state index in [0.29, 0.717) is 11.3 Å². The minimum Gasteiger partial charge on any atom is -0.444 e. The number of carbonyl (C=O) groups is 3. The van der Waals surface area contributed by atoms with Crippen LogP contribution in [0, 0.1) is 0 Å². The highest BCUT2D eigenvalue weighted by Gasteiger charge is 2.54. The van der Waals surface area contributed by atoms with Crippen LogP contribution in [0.1, 0.15) is 104 Å². The zero-order chi connectivity index (χ0) is 31.6. The first-order chi connectivity index (χ1) is 20.1. The number of β-amino-alcohol motifs (C(OH)–C–C–N with tert-alkyl or cyclic N) is 1. The van der Waals surface area contributed by atoms with E-state index in [4.69, 9.17) is 4.74 Å². The van der Waals surface area contributed by atoms with Gasteiger partial charge in [0.05, 0.1) is 12.6 Å². The number of nitrogens with zero attached hydrogens (tertiary/aromatic N) is 3. The van der Waals surface area contributed by atoms with E-state index in [9.17, 15) is 19.5 Å². The Balaban J connectivity index is 1.84. The van der Waals surface area contributed by atoms with E-state index in [1.54, 1.807) is 52.2 Å². The van der Waals surface area contributed by atoms with Crippen LogP contribution in [0.3, 0.4) is 0 Å². The van der Waals surface area contributed by atoms with Gasteiger partial charge in [-0.25, -0.2) is 4.79 Å². The summed E-state index contributed by atoms with van der Waals surface area (Å²) in [5, 5.41) is 14.0. The fraction of sp³-hybridized carbons (Fsp3) is 0.588. The van der Waals surface area contributed by atoms with Crippen molar-refractivity contribution in [3.63, 3.8) is 0 Å². The third-order valence-electron chi connectivity index (χ3n) is 8.39. The summed E-state index contributed by atoms with van der Waals surface area (Å²) >= 11 is 0. The molecule has 1 aromatic heterocycles. The van der Waals surface area contributed by atoms with E-state index in [1.165, 1.54) is 9.80 Å². The summed E-state index contributed by atoms with van der Waals surface area (Å²) in [6, 6.07) is 10.1. The molecule has 2 fully saturated rings. The molecule has 3 unspecified atom stereocenters. The number of amides is 3. The third kappa shape index (κ3) is 7.55. The number of hydrogen-bond acceptors (Lipinski definition) is 6. The molecule has 3 amide bonds. The molecule has 43 heavy (non-hydrogen) atoms. The Morgan fingerprint density at radius 1 is 1.05 bits per heavy atom. The number of ether oxygens (including phenoxy) is 1. The Hall–Kier alpha value is -3.46. The SMILES string of the molecule is CC(C)(C)OC(=O)N1CC(O)CC1(C)C(=O)N(c1ccc(C(C)(C)C)cc1)C(C(=O)NC1CCCCC1)c1cccnc1. The van der Waals surface area contributed by atoms with E-state index in [0.717, 1.165) is 37.7 Å². The number of likely N-dealkylation sites (tertiary alicyclic amines) is 1. The predicted octanol–water partition coefficient (Wildman–Crippen LogP) is 5.66. The maximum absolute atomic E-state index is 15.0. The molecule has 1 saturated carbocycles. The van der Waals surface area contributed by atoms with Gasteiger partial charge in [0.25, 0.3) is 5.91 Å². The molecule has 9 nitrogen and oxygen atoms in total. The average Bonchev–Trinajstić information content (AvgIpc) is 3.26. The summed E-state index contributed by atoms with van der Waals surface area (Å²) in [7, 11) is 0. The van der Waals surface area contributed by atoms with Crippen LogP contribution in [-0.4, -0.2) is 62.7 Å². The largest absolute Gasteiger partial charge is 0.444 e. The first-order valence-electron chi connectivity index (χ1n) is 15.4. The van der Waals surface area contributed by atoms with Gasteiger partial charge in [0.1, 0.15) is 17.2 Å². The molecule has 1 aliphatic heterocycles. The summed E-state index contributed by atoms with van der Waals surface area (Å²) in [4.78, 5) is 49.7. The van der Waals surface area contributed by atoms with E-state index in [-0.39, 0.29) is 30.3 Å². The fourth-order valence-corrected chi connectivity index (χ4v) is 6.09. The molecule has 1 aliphatic carbocycles. The summed E-state index contributed by atoms with van der Waals surface area (Å²) in [5.41, 5.74) is -0.257. The molecular formula is C34H48N4O5. The van der Waals surface area contributed by atoms with E-state index in [2.05, 4.69) is 31.1 Å². The second kappa shape index (κ2) is 12.6. The Morgan fingerprint density at radius 3 is 2.26 bits per heavy atom. The van der Waals surface area contributed by atoms with Crippen LogP contribution in [0.4, 0.5) is 10.5 Å². The molecule has 2 heterocycles. The summed E-state index contributed by atoms with van der Waals surface area (Å²) in [6.45, 7) is 13.2. The van der Waals surface area contributed by atoms with Crippen molar-refractivity contribution in [1.82, 2.24) is 15.2 Å². The van der Waals surface area contributed by atoms with Crippen LogP contribution >= 0.6 is 0 Å². The molecule has 234 valence electrons. The van der Waals surface area contributed by atoms with Gasteiger partial charge in [-0.05, 0) is 69.7 Å². The Kier molecular flexibility index (Phi) is 9.54. The number of pyridine rings is 1. The van der Waals surface area contributed by atoms with Gasteiger partial charge in [0, 0.05) is 36.1 Å². The number of aliphatic hydroxyl groups is 1. The molecule has 2 aromatic rings. The molecule has 2 N–H and O–H groups in total. The van der Waals surface area contributed by atoms with Crippen molar-refractivity contribution in [3.8, 4) is 0 Å². The lowest BCUT2D eigenvalue weighted by Crippen LogP contribution is -2.59. The van der Waals surface area contributed by atoms with E-state index < -0.39 is 35.3 Å². The highest BCUT2D eigenvalue weighted by Crippen LogP contribution is 2.38. The van der Waals surface area contributed by atoms with Crippen LogP contribution in [0.5, 0.6) is 0 Å². The molecule has 9 heteroatoms. The molecule has 4 rings (SSSR count). The van der Waals surface area contributed by atoms with Crippen LogP contribution in [0.15, 0.2) is 48.8 Å². The third-order valence-corrected chi connectivity index (χ3v) is 8.39. The smallest absolute Gasteiger partial charge is 0.411 e. The quantitative estimate of drug-likeness (QED) is 0.448. The van der Waals surface area contributed by atoms with Gasteiger partial charge in [0.15, 0.2) is 0 Å². The first-order valence-corrected chi connectivity index (χ1v) is 15.4. The molecule has 0 radical (unpaired) electrons. The number of benzene rings is 1. The zero-order valence-corrected chi connectivity index (χ0v) is 26.7. The minimum absolute atomic E-state index is 0.00561. The second-order valence-electron chi connectivity index (χ2n) is 14.2. The number of nitrogens with one attached hydrogen (secondary N) is 1. The Bertz CT molecular complexity index is 1280. The number of anilines is 1. The van der Waals surface area contributed by atoms with Gasteiger partial charge < -0.3 is 15.2 Å². The highest BCUT2D eigenvalue weighted by atomic mass is 16.6. The predicted molar refractivity (Wildman–Crippen MR) is 167 cm³/mol. The number of rotatable bonds is 6. The van der Waals surface area contributed by atoms with Gasteiger partial charge in [-0.1, -0.05) is 58.2 Å².